The molecule has 3 heteroatoms. The lowest BCUT2D eigenvalue weighted by Gasteiger charge is -2.21. The van der Waals surface area contributed by atoms with E-state index in [1.807, 2.05) is 60.7 Å². The number of aliphatic hydroxyl groups is 1. The van der Waals surface area contributed by atoms with Crippen LogP contribution in [0.15, 0.2) is 87.8 Å². The Labute approximate surface area is 154 Å². The third-order valence-electron chi connectivity index (χ3n) is 4.49. The van der Waals surface area contributed by atoms with Crippen LogP contribution in [0.4, 0.5) is 0 Å². The predicted molar refractivity (Wildman–Crippen MR) is 104 cm³/mol. The third-order valence-corrected chi connectivity index (χ3v) is 5.08. The first kappa shape index (κ1) is 16.1. The van der Waals surface area contributed by atoms with Gasteiger partial charge in [-0.25, -0.2) is 0 Å². The minimum Gasteiger partial charge on any atom is -0.456 e. The van der Waals surface area contributed by atoms with E-state index in [1.54, 1.807) is 6.92 Å². The molecule has 1 aromatic heterocycles. The largest absolute Gasteiger partial charge is 0.456 e. The summed E-state index contributed by atoms with van der Waals surface area (Å²) in [5.74, 6) is 0.527. The van der Waals surface area contributed by atoms with Gasteiger partial charge >= 0.3 is 0 Å². The molecule has 3 aromatic carbocycles. The van der Waals surface area contributed by atoms with E-state index in [0.717, 1.165) is 32.1 Å². The van der Waals surface area contributed by atoms with Gasteiger partial charge < -0.3 is 9.52 Å². The highest BCUT2D eigenvalue weighted by Gasteiger charge is 2.30. The van der Waals surface area contributed by atoms with Gasteiger partial charge in [0.2, 0.25) is 0 Å². The molecule has 0 spiro atoms. The molecule has 1 atom stereocenters. The molecule has 4 rings (SSSR count). The number of fused-ring (bicyclic) bond motifs is 1. The molecule has 2 nitrogen and oxygen atoms in total. The fourth-order valence-corrected chi connectivity index (χ4v) is 3.61. The van der Waals surface area contributed by atoms with E-state index in [1.165, 1.54) is 0 Å². The van der Waals surface area contributed by atoms with Crippen molar-refractivity contribution in [3.05, 3.63) is 94.7 Å². The van der Waals surface area contributed by atoms with Crippen molar-refractivity contribution in [1.82, 2.24) is 0 Å². The Balaban J connectivity index is 1.85. The van der Waals surface area contributed by atoms with Gasteiger partial charge in [-0.3, -0.25) is 0 Å². The lowest BCUT2D eigenvalue weighted by atomic mass is 9.93. The van der Waals surface area contributed by atoms with Gasteiger partial charge in [-0.05, 0) is 57.7 Å². The van der Waals surface area contributed by atoms with Crippen LogP contribution in [0.3, 0.4) is 0 Å². The molecule has 0 saturated heterocycles. The van der Waals surface area contributed by atoms with Crippen LogP contribution in [0.1, 0.15) is 18.2 Å². The van der Waals surface area contributed by atoms with Gasteiger partial charge in [-0.15, -0.1) is 0 Å². The normalized spacial score (nSPS) is 13.7. The fraction of sp³-hybridized carbons (Fsp3) is 0.0909. The zero-order valence-electron chi connectivity index (χ0n) is 13.7. The van der Waals surface area contributed by atoms with Crippen LogP contribution in [0.2, 0.25) is 0 Å². The van der Waals surface area contributed by atoms with Gasteiger partial charge in [0.05, 0.1) is 4.47 Å². The van der Waals surface area contributed by atoms with Crippen molar-refractivity contribution in [2.24, 2.45) is 0 Å². The van der Waals surface area contributed by atoms with Crippen LogP contribution in [0, 0.1) is 0 Å². The van der Waals surface area contributed by atoms with Gasteiger partial charge in [0.15, 0.2) is 0 Å². The van der Waals surface area contributed by atoms with Gasteiger partial charge in [-0.1, -0.05) is 60.7 Å². The van der Waals surface area contributed by atoms with Gasteiger partial charge in [0, 0.05) is 5.39 Å². The second kappa shape index (κ2) is 6.17. The van der Waals surface area contributed by atoms with Crippen molar-refractivity contribution in [3.63, 3.8) is 0 Å². The minimum atomic E-state index is -1.19. The first-order chi connectivity index (χ1) is 12.1. The summed E-state index contributed by atoms with van der Waals surface area (Å²) < 4.78 is 6.89. The first-order valence-electron chi connectivity index (χ1n) is 8.12. The zero-order chi connectivity index (χ0) is 17.4. The summed E-state index contributed by atoms with van der Waals surface area (Å²) in [4.78, 5) is 0. The summed E-state index contributed by atoms with van der Waals surface area (Å²) in [6, 6.07) is 25.8. The molecule has 0 aliphatic carbocycles. The molecular formula is C22H17BrO2. The second-order valence-corrected chi connectivity index (χ2v) is 7.15. The fourth-order valence-electron chi connectivity index (χ4n) is 3.05. The average Bonchev–Trinajstić information content (AvgIpc) is 3.09. The van der Waals surface area contributed by atoms with Crippen molar-refractivity contribution in [1.29, 1.82) is 0 Å². The number of benzene rings is 3. The van der Waals surface area contributed by atoms with Crippen LogP contribution in [-0.4, -0.2) is 5.11 Å². The van der Waals surface area contributed by atoms with E-state index < -0.39 is 5.60 Å². The Bertz CT molecular complexity index is 1020. The number of hydrogen-bond donors (Lipinski definition) is 1. The first-order valence-corrected chi connectivity index (χ1v) is 8.92. The maximum atomic E-state index is 11.0. The molecular weight excluding hydrogens is 376 g/mol. The Morgan fingerprint density at radius 2 is 1.48 bits per heavy atom. The SMILES string of the molecule is CC(O)(c1ccccc1)c1cc2cc(-c3ccccc3)cc(Br)c2o1. The molecule has 4 aromatic rings. The molecule has 1 heterocycles. The molecule has 0 fully saturated rings. The summed E-state index contributed by atoms with van der Waals surface area (Å²) in [7, 11) is 0. The standard InChI is InChI=1S/C22H17BrO2/c1-22(24,18-10-6-3-7-11-18)20-14-17-12-16(13-19(23)21(17)25-20)15-8-4-2-5-9-15/h2-14,24H,1H3. The van der Waals surface area contributed by atoms with Gasteiger partial charge in [0.25, 0.3) is 0 Å². The molecule has 25 heavy (non-hydrogen) atoms. The highest BCUT2D eigenvalue weighted by molar-refractivity contribution is 9.10. The van der Waals surface area contributed by atoms with Crippen LogP contribution in [-0.2, 0) is 5.60 Å². The summed E-state index contributed by atoms with van der Waals surface area (Å²) in [6.45, 7) is 1.76. The monoisotopic (exact) mass is 392 g/mol. The zero-order valence-corrected chi connectivity index (χ0v) is 15.3. The maximum absolute atomic E-state index is 11.0. The molecule has 0 radical (unpaired) electrons. The number of hydrogen-bond acceptors (Lipinski definition) is 2. The molecule has 1 N–H and O–H groups in total. The lowest BCUT2D eigenvalue weighted by molar-refractivity contribution is 0.0786. The quantitative estimate of drug-likeness (QED) is 0.455. The number of halogens is 1. The molecule has 124 valence electrons. The second-order valence-electron chi connectivity index (χ2n) is 6.29. The third kappa shape index (κ3) is 2.90. The summed E-state index contributed by atoms with van der Waals surface area (Å²) in [5.41, 5.74) is 2.60. The predicted octanol–water partition coefficient (Wildman–Crippen LogP) is 6.12. The van der Waals surface area contributed by atoms with Crippen molar-refractivity contribution in [3.8, 4) is 11.1 Å². The summed E-state index contributed by atoms with van der Waals surface area (Å²) in [5, 5.41) is 12.0. The maximum Gasteiger partial charge on any atom is 0.148 e. The summed E-state index contributed by atoms with van der Waals surface area (Å²) in [6.07, 6.45) is 0. The van der Waals surface area contributed by atoms with Gasteiger partial charge in [-0.2, -0.15) is 0 Å². The molecule has 0 amide bonds. The van der Waals surface area contributed by atoms with Crippen molar-refractivity contribution >= 4 is 26.9 Å². The topological polar surface area (TPSA) is 33.4 Å². The van der Waals surface area contributed by atoms with Crippen molar-refractivity contribution in [2.45, 2.75) is 12.5 Å². The summed E-state index contributed by atoms with van der Waals surface area (Å²) >= 11 is 3.61. The van der Waals surface area contributed by atoms with Crippen molar-refractivity contribution < 1.29 is 9.52 Å². The molecule has 0 bridgehead atoms. The number of rotatable bonds is 3. The van der Waals surface area contributed by atoms with E-state index in [9.17, 15) is 5.11 Å². The lowest BCUT2D eigenvalue weighted by Crippen LogP contribution is -2.21. The van der Waals surface area contributed by atoms with Crippen LogP contribution >= 0.6 is 15.9 Å². The van der Waals surface area contributed by atoms with Gasteiger partial charge in [0.1, 0.15) is 16.9 Å². The molecule has 0 aliphatic rings. The van der Waals surface area contributed by atoms with Crippen molar-refractivity contribution in [2.75, 3.05) is 0 Å². The Kier molecular flexibility index (Phi) is 3.98. The Hall–Kier alpha value is -2.36. The van der Waals surface area contributed by atoms with Crippen LogP contribution in [0.5, 0.6) is 0 Å². The highest BCUT2D eigenvalue weighted by Crippen LogP contribution is 2.38. The molecule has 0 saturated carbocycles. The van der Waals surface area contributed by atoms with E-state index in [4.69, 9.17) is 4.42 Å². The Morgan fingerprint density at radius 3 is 2.16 bits per heavy atom. The number of furan rings is 1. The van der Waals surface area contributed by atoms with E-state index in [2.05, 4.69) is 34.1 Å². The molecule has 1 unspecified atom stereocenters. The van der Waals surface area contributed by atoms with E-state index in [-0.39, 0.29) is 0 Å². The van der Waals surface area contributed by atoms with E-state index in [0.29, 0.717) is 5.76 Å². The average molecular weight is 393 g/mol. The Morgan fingerprint density at radius 1 is 0.840 bits per heavy atom. The van der Waals surface area contributed by atoms with E-state index >= 15 is 0 Å². The van der Waals surface area contributed by atoms with Crippen LogP contribution < -0.4 is 0 Å². The molecule has 0 aliphatic heterocycles. The minimum absolute atomic E-state index is 0.527. The highest BCUT2D eigenvalue weighted by atomic mass is 79.9. The van der Waals surface area contributed by atoms with Crippen LogP contribution in [0.25, 0.3) is 22.1 Å². The smallest absolute Gasteiger partial charge is 0.148 e.